The third kappa shape index (κ3) is 4.75. The van der Waals surface area contributed by atoms with Crippen molar-refractivity contribution in [1.82, 2.24) is 5.48 Å². The Balaban J connectivity index is 2.39. The highest BCUT2D eigenvalue weighted by atomic mass is 127. The number of aliphatic hydroxyl groups excluding tert-OH is 1. The van der Waals surface area contributed by atoms with Gasteiger partial charge in [-0.1, -0.05) is 0 Å². The summed E-state index contributed by atoms with van der Waals surface area (Å²) in [4.78, 5) is 29.4. The standard InChI is InChI=1S/C16H16FIN2O4S/c1-8-13(15(23)20-24-6-5-21)16(25-14(8)9(2)22)19-12-4-3-10(18)7-11(12)17/h3-4,7,19,21H,5-6H2,1-2H3,(H,20,23). The summed E-state index contributed by atoms with van der Waals surface area (Å²) in [6.07, 6.45) is 0. The summed E-state index contributed by atoms with van der Waals surface area (Å²) in [5.74, 6) is -1.24. The lowest BCUT2D eigenvalue weighted by Gasteiger charge is -2.10. The topological polar surface area (TPSA) is 87.7 Å². The molecule has 0 bridgehead atoms. The number of nitrogens with one attached hydrogen (secondary N) is 2. The molecule has 0 radical (unpaired) electrons. The van der Waals surface area contributed by atoms with Crippen LogP contribution in [-0.2, 0) is 4.84 Å². The van der Waals surface area contributed by atoms with Crippen LogP contribution < -0.4 is 10.8 Å². The predicted octanol–water partition coefficient (Wildman–Crippen LogP) is 3.40. The summed E-state index contributed by atoms with van der Waals surface area (Å²) in [5.41, 5.74) is 3.08. The summed E-state index contributed by atoms with van der Waals surface area (Å²) >= 11 is 3.07. The number of hydrogen-bond acceptors (Lipinski definition) is 6. The van der Waals surface area contributed by atoms with Gasteiger partial charge in [-0.3, -0.25) is 14.4 Å². The van der Waals surface area contributed by atoms with Crippen molar-refractivity contribution in [3.05, 3.63) is 43.6 Å². The van der Waals surface area contributed by atoms with E-state index >= 15 is 0 Å². The molecule has 25 heavy (non-hydrogen) atoms. The van der Waals surface area contributed by atoms with Gasteiger partial charge in [-0.2, -0.15) is 0 Å². The van der Waals surface area contributed by atoms with E-state index in [1.165, 1.54) is 13.0 Å². The van der Waals surface area contributed by atoms with Gasteiger partial charge < -0.3 is 10.4 Å². The second kappa shape index (κ2) is 8.70. The summed E-state index contributed by atoms with van der Waals surface area (Å²) in [6.45, 7) is 2.73. The molecular weight excluding hydrogens is 462 g/mol. The Kier molecular flexibility index (Phi) is 6.87. The second-order valence-corrected chi connectivity index (χ2v) is 7.34. The van der Waals surface area contributed by atoms with Crippen molar-refractivity contribution in [1.29, 1.82) is 0 Å². The number of hydrogen-bond donors (Lipinski definition) is 3. The highest BCUT2D eigenvalue weighted by molar-refractivity contribution is 14.1. The van der Waals surface area contributed by atoms with Crippen LogP contribution in [0.15, 0.2) is 18.2 Å². The van der Waals surface area contributed by atoms with Crippen LogP contribution in [0.4, 0.5) is 15.1 Å². The van der Waals surface area contributed by atoms with Crippen molar-refractivity contribution in [2.45, 2.75) is 13.8 Å². The number of ketones is 1. The molecule has 0 spiro atoms. The van der Waals surface area contributed by atoms with E-state index in [4.69, 9.17) is 9.94 Å². The lowest BCUT2D eigenvalue weighted by molar-refractivity contribution is 0.0169. The number of amides is 1. The summed E-state index contributed by atoms with van der Waals surface area (Å²) in [5, 5.41) is 11.9. The maximum atomic E-state index is 14.1. The summed E-state index contributed by atoms with van der Waals surface area (Å²) in [7, 11) is 0. The number of benzene rings is 1. The molecule has 134 valence electrons. The summed E-state index contributed by atoms with van der Waals surface area (Å²) < 4.78 is 14.8. The number of carbonyl (C=O) groups excluding carboxylic acids is 2. The molecule has 6 nitrogen and oxygen atoms in total. The van der Waals surface area contributed by atoms with E-state index < -0.39 is 11.7 Å². The molecule has 2 rings (SSSR count). The molecule has 0 saturated carbocycles. The fourth-order valence-electron chi connectivity index (χ4n) is 2.14. The van der Waals surface area contributed by atoms with Crippen LogP contribution in [0.3, 0.4) is 0 Å². The van der Waals surface area contributed by atoms with E-state index in [0.29, 0.717) is 15.4 Å². The van der Waals surface area contributed by atoms with Crippen molar-refractivity contribution >= 4 is 56.3 Å². The Hall–Kier alpha value is -1.56. The van der Waals surface area contributed by atoms with Crippen LogP contribution in [-0.4, -0.2) is 30.0 Å². The van der Waals surface area contributed by atoms with E-state index in [-0.39, 0.29) is 30.2 Å². The number of rotatable bonds is 7. The summed E-state index contributed by atoms with van der Waals surface area (Å²) in [6, 6.07) is 4.64. The molecule has 2 aromatic rings. The molecule has 3 N–H and O–H groups in total. The second-order valence-electron chi connectivity index (χ2n) is 5.07. The van der Waals surface area contributed by atoms with Crippen LogP contribution in [0.1, 0.15) is 32.5 Å². The van der Waals surface area contributed by atoms with Crippen LogP contribution in [0, 0.1) is 16.3 Å². The molecule has 1 heterocycles. The lowest BCUT2D eigenvalue weighted by Crippen LogP contribution is -2.26. The average molecular weight is 478 g/mol. The number of Topliss-reactive ketones (excluding diaryl/α,β-unsaturated/α-hetero) is 1. The lowest BCUT2D eigenvalue weighted by atomic mass is 10.1. The van der Waals surface area contributed by atoms with Crippen LogP contribution >= 0.6 is 33.9 Å². The molecule has 1 aromatic carbocycles. The van der Waals surface area contributed by atoms with Crippen molar-refractivity contribution < 1.29 is 23.9 Å². The fourth-order valence-corrected chi connectivity index (χ4v) is 3.70. The van der Waals surface area contributed by atoms with Gasteiger partial charge in [-0.15, -0.1) is 11.3 Å². The number of anilines is 2. The minimum absolute atomic E-state index is 0.0665. The first-order valence-corrected chi connectivity index (χ1v) is 9.14. The number of halogens is 2. The first-order chi connectivity index (χ1) is 11.8. The van der Waals surface area contributed by atoms with E-state index in [1.54, 1.807) is 19.1 Å². The van der Waals surface area contributed by atoms with Crippen LogP contribution in [0.25, 0.3) is 0 Å². The average Bonchev–Trinajstić information content (AvgIpc) is 2.87. The third-order valence-corrected chi connectivity index (χ3v) is 5.21. The molecule has 0 aliphatic rings. The smallest absolute Gasteiger partial charge is 0.278 e. The predicted molar refractivity (Wildman–Crippen MR) is 102 cm³/mol. The van der Waals surface area contributed by atoms with Gasteiger partial charge in [0.25, 0.3) is 5.91 Å². The van der Waals surface area contributed by atoms with Gasteiger partial charge in [0.05, 0.1) is 29.3 Å². The highest BCUT2D eigenvalue weighted by Crippen LogP contribution is 2.36. The van der Waals surface area contributed by atoms with E-state index in [9.17, 15) is 14.0 Å². The third-order valence-electron chi connectivity index (χ3n) is 3.23. The Morgan fingerprint density at radius 2 is 2.12 bits per heavy atom. The number of carbonyl (C=O) groups is 2. The van der Waals surface area contributed by atoms with Crippen LogP contribution in [0.2, 0.25) is 0 Å². The molecular formula is C16H16FIN2O4S. The van der Waals surface area contributed by atoms with Gasteiger partial charge in [0.15, 0.2) is 5.78 Å². The van der Waals surface area contributed by atoms with Gasteiger partial charge in [0.1, 0.15) is 10.8 Å². The minimum atomic E-state index is -0.580. The molecule has 0 fully saturated rings. The van der Waals surface area contributed by atoms with Gasteiger partial charge in [0, 0.05) is 3.57 Å². The quantitative estimate of drug-likeness (QED) is 0.246. The normalized spacial score (nSPS) is 10.6. The molecule has 9 heteroatoms. The van der Waals surface area contributed by atoms with Gasteiger partial charge >= 0.3 is 0 Å². The van der Waals surface area contributed by atoms with Gasteiger partial charge in [-0.25, -0.2) is 9.87 Å². The van der Waals surface area contributed by atoms with E-state index in [2.05, 4.69) is 10.8 Å². The Bertz CT molecular complexity index is 810. The van der Waals surface area contributed by atoms with E-state index in [0.717, 1.165) is 14.9 Å². The fraction of sp³-hybridized carbons (Fsp3) is 0.250. The number of hydroxylamine groups is 1. The molecule has 0 aliphatic carbocycles. The first-order valence-electron chi connectivity index (χ1n) is 7.24. The largest absolute Gasteiger partial charge is 0.394 e. The number of aliphatic hydroxyl groups is 1. The van der Waals surface area contributed by atoms with E-state index in [1.807, 2.05) is 22.6 Å². The molecule has 0 aliphatic heterocycles. The van der Waals surface area contributed by atoms with Crippen molar-refractivity contribution in [2.24, 2.45) is 0 Å². The molecule has 1 aromatic heterocycles. The Morgan fingerprint density at radius 1 is 1.40 bits per heavy atom. The van der Waals surface area contributed by atoms with Gasteiger partial charge in [-0.05, 0) is 60.2 Å². The monoisotopic (exact) mass is 478 g/mol. The Morgan fingerprint density at radius 3 is 2.72 bits per heavy atom. The molecule has 1 amide bonds. The van der Waals surface area contributed by atoms with Crippen molar-refractivity contribution in [3.8, 4) is 0 Å². The minimum Gasteiger partial charge on any atom is -0.394 e. The van der Waals surface area contributed by atoms with Gasteiger partial charge in [0.2, 0.25) is 0 Å². The zero-order valence-corrected chi connectivity index (χ0v) is 16.5. The van der Waals surface area contributed by atoms with Crippen LogP contribution in [0.5, 0.6) is 0 Å². The SMILES string of the molecule is CC(=O)c1sc(Nc2ccc(I)cc2F)c(C(=O)NOCCO)c1C. The Labute approximate surface area is 161 Å². The molecule has 0 saturated heterocycles. The maximum absolute atomic E-state index is 14.1. The van der Waals surface area contributed by atoms with Crippen molar-refractivity contribution in [2.75, 3.05) is 18.5 Å². The molecule has 0 atom stereocenters. The maximum Gasteiger partial charge on any atom is 0.278 e. The highest BCUT2D eigenvalue weighted by Gasteiger charge is 2.24. The molecule has 0 unspecified atom stereocenters. The zero-order chi connectivity index (χ0) is 18.6. The first kappa shape index (κ1) is 19.8. The zero-order valence-electron chi connectivity index (χ0n) is 13.5. The number of thiophene rings is 1. The van der Waals surface area contributed by atoms with Crippen molar-refractivity contribution in [3.63, 3.8) is 0 Å².